The smallest absolute Gasteiger partial charge is 0.192 e. The number of ether oxygens (including phenoxy) is 2. The van der Waals surface area contributed by atoms with E-state index in [1.165, 1.54) is 0 Å². The molecule has 5 nitrogen and oxygen atoms in total. The minimum atomic E-state index is 0. The second kappa shape index (κ2) is 13.5. The molecule has 1 rings (SSSR count). The number of nitrogens with one attached hydrogen (secondary N) is 2. The number of guanidine groups is 1. The number of terminal acetylenes is 1. The van der Waals surface area contributed by atoms with Crippen LogP contribution in [0.2, 0.25) is 0 Å². The molecular formula is C14H26IN3O2. The predicted octanol–water partition coefficient (Wildman–Crippen LogP) is 1.38. The van der Waals surface area contributed by atoms with Crippen LogP contribution in [0.15, 0.2) is 4.99 Å². The summed E-state index contributed by atoms with van der Waals surface area (Å²) in [5.74, 6) is 3.29. The van der Waals surface area contributed by atoms with Gasteiger partial charge in [-0.1, -0.05) is 5.92 Å². The van der Waals surface area contributed by atoms with E-state index >= 15 is 0 Å². The highest BCUT2D eigenvalue weighted by Gasteiger charge is 2.14. The highest BCUT2D eigenvalue weighted by Crippen LogP contribution is 2.11. The molecule has 1 aliphatic heterocycles. The Morgan fingerprint density at radius 1 is 1.50 bits per heavy atom. The van der Waals surface area contributed by atoms with Gasteiger partial charge in [0.2, 0.25) is 0 Å². The summed E-state index contributed by atoms with van der Waals surface area (Å²) in [6.07, 6.45) is 8.69. The molecule has 0 saturated carbocycles. The number of nitrogens with zero attached hydrogens (tertiary/aromatic N) is 1. The van der Waals surface area contributed by atoms with Crippen molar-refractivity contribution in [3.63, 3.8) is 0 Å². The number of rotatable bonds is 8. The molecule has 2 N–H and O–H groups in total. The van der Waals surface area contributed by atoms with E-state index in [1.807, 2.05) is 6.92 Å². The summed E-state index contributed by atoms with van der Waals surface area (Å²) >= 11 is 0. The Balaban J connectivity index is 0.00000361. The van der Waals surface area contributed by atoms with E-state index < -0.39 is 0 Å². The van der Waals surface area contributed by atoms with E-state index in [2.05, 4.69) is 21.5 Å². The average molecular weight is 395 g/mol. The van der Waals surface area contributed by atoms with Crippen molar-refractivity contribution in [3.8, 4) is 12.3 Å². The lowest BCUT2D eigenvalue weighted by Crippen LogP contribution is -2.37. The molecule has 0 amide bonds. The first-order valence-electron chi connectivity index (χ1n) is 7.01. The van der Waals surface area contributed by atoms with Gasteiger partial charge in [0, 0.05) is 26.3 Å². The van der Waals surface area contributed by atoms with Gasteiger partial charge in [-0.05, 0) is 26.2 Å². The maximum absolute atomic E-state index is 5.57. The van der Waals surface area contributed by atoms with Gasteiger partial charge < -0.3 is 20.1 Å². The van der Waals surface area contributed by atoms with Gasteiger partial charge in [0.15, 0.2) is 5.96 Å². The van der Waals surface area contributed by atoms with Crippen molar-refractivity contribution in [2.75, 3.05) is 39.5 Å². The van der Waals surface area contributed by atoms with E-state index in [1.54, 1.807) is 0 Å². The van der Waals surface area contributed by atoms with Crippen molar-refractivity contribution in [2.45, 2.75) is 32.3 Å². The maximum Gasteiger partial charge on any atom is 0.192 e. The van der Waals surface area contributed by atoms with Crippen molar-refractivity contribution < 1.29 is 9.47 Å². The van der Waals surface area contributed by atoms with Crippen molar-refractivity contribution in [1.29, 1.82) is 0 Å². The van der Waals surface area contributed by atoms with Gasteiger partial charge in [0.05, 0.1) is 19.3 Å². The van der Waals surface area contributed by atoms with Gasteiger partial charge in [0.25, 0.3) is 0 Å². The molecule has 0 radical (unpaired) electrons. The standard InChI is InChI=1S/C14H25N3O2.HI/c1-3-8-16-14(15-4-2)17-9-6-10-18-12-13-7-5-11-19-13;/h1,13H,4-12H2,2H3,(H2,15,16,17);1H. The second-order valence-corrected chi connectivity index (χ2v) is 4.38. The number of aliphatic imine (C=N–C) groups is 1. The lowest BCUT2D eigenvalue weighted by Gasteiger charge is -2.10. The van der Waals surface area contributed by atoms with Gasteiger partial charge >= 0.3 is 0 Å². The van der Waals surface area contributed by atoms with Gasteiger partial charge in [-0.2, -0.15) is 0 Å². The first-order valence-corrected chi connectivity index (χ1v) is 7.01. The van der Waals surface area contributed by atoms with Crippen LogP contribution in [0, 0.1) is 12.3 Å². The molecule has 1 aliphatic rings. The van der Waals surface area contributed by atoms with Crippen LogP contribution in [-0.4, -0.2) is 51.5 Å². The molecule has 0 aromatic rings. The summed E-state index contributed by atoms with van der Waals surface area (Å²) in [5.41, 5.74) is 0. The Kier molecular flexibility index (Phi) is 13.1. The highest BCUT2D eigenvalue weighted by atomic mass is 127. The molecule has 6 heteroatoms. The molecular weight excluding hydrogens is 369 g/mol. The van der Waals surface area contributed by atoms with E-state index in [4.69, 9.17) is 15.9 Å². The summed E-state index contributed by atoms with van der Waals surface area (Å²) in [6, 6.07) is 0. The zero-order valence-corrected chi connectivity index (χ0v) is 14.5. The zero-order valence-electron chi connectivity index (χ0n) is 12.2. The maximum atomic E-state index is 5.57. The first-order chi connectivity index (χ1) is 9.36. The molecule has 1 heterocycles. The van der Waals surface area contributed by atoms with Crippen molar-refractivity contribution in [2.24, 2.45) is 4.99 Å². The predicted molar refractivity (Wildman–Crippen MR) is 92.6 cm³/mol. The fraction of sp³-hybridized carbons (Fsp3) is 0.786. The van der Waals surface area contributed by atoms with Gasteiger partial charge in [0.1, 0.15) is 0 Å². The number of hydrogen-bond donors (Lipinski definition) is 2. The third kappa shape index (κ3) is 9.39. The summed E-state index contributed by atoms with van der Waals surface area (Å²) in [7, 11) is 0. The Labute approximate surface area is 139 Å². The SMILES string of the molecule is C#CCNC(=NCCCOCC1CCCO1)NCC.I. The van der Waals surface area contributed by atoms with Gasteiger partial charge in [-0.15, -0.1) is 30.4 Å². The summed E-state index contributed by atoms with van der Waals surface area (Å²) < 4.78 is 11.1. The Morgan fingerprint density at radius 3 is 3.00 bits per heavy atom. The molecule has 0 bridgehead atoms. The van der Waals surface area contributed by atoms with Crippen LogP contribution >= 0.6 is 24.0 Å². The molecule has 0 aromatic carbocycles. The topological polar surface area (TPSA) is 54.9 Å². The van der Waals surface area contributed by atoms with E-state index in [0.717, 1.165) is 51.5 Å². The van der Waals surface area contributed by atoms with Gasteiger partial charge in [-0.3, -0.25) is 4.99 Å². The summed E-state index contributed by atoms with van der Waals surface area (Å²) in [5, 5.41) is 6.18. The quantitative estimate of drug-likeness (QED) is 0.214. The molecule has 1 unspecified atom stereocenters. The third-order valence-corrected chi connectivity index (χ3v) is 2.75. The van der Waals surface area contributed by atoms with Crippen molar-refractivity contribution in [1.82, 2.24) is 10.6 Å². The van der Waals surface area contributed by atoms with E-state index in [-0.39, 0.29) is 24.0 Å². The normalized spacial score (nSPS) is 18.2. The molecule has 1 fully saturated rings. The first kappa shape index (κ1) is 19.5. The molecule has 20 heavy (non-hydrogen) atoms. The third-order valence-electron chi connectivity index (χ3n) is 2.75. The second-order valence-electron chi connectivity index (χ2n) is 4.38. The Bertz CT molecular complexity index is 299. The minimum absolute atomic E-state index is 0. The molecule has 1 atom stereocenters. The average Bonchev–Trinajstić information content (AvgIpc) is 2.93. The zero-order chi connectivity index (χ0) is 13.8. The van der Waals surface area contributed by atoms with Crippen molar-refractivity contribution in [3.05, 3.63) is 0 Å². The lowest BCUT2D eigenvalue weighted by atomic mass is 10.2. The molecule has 1 saturated heterocycles. The van der Waals surface area contributed by atoms with Crippen LogP contribution in [0.1, 0.15) is 26.2 Å². The van der Waals surface area contributed by atoms with Crippen molar-refractivity contribution >= 4 is 29.9 Å². The molecule has 0 aromatic heterocycles. The lowest BCUT2D eigenvalue weighted by molar-refractivity contribution is 0.0171. The molecule has 0 spiro atoms. The van der Waals surface area contributed by atoms with Crippen LogP contribution in [0.3, 0.4) is 0 Å². The van der Waals surface area contributed by atoms with E-state index in [0.29, 0.717) is 19.3 Å². The molecule has 116 valence electrons. The Hall–Kier alpha value is -0.520. The number of halogens is 1. The minimum Gasteiger partial charge on any atom is -0.379 e. The van der Waals surface area contributed by atoms with Crippen LogP contribution in [-0.2, 0) is 9.47 Å². The summed E-state index contributed by atoms with van der Waals surface area (Å²) in [6.45, 7) is 6.37. The highest BCUT2D eigenvalue weighted by molar-refractivity contribution is 14.0. The summed E-state index contributed by atoms with van der Waals surface area (Å²) in [4.78, 5) is 4.41. The van der Waals surface area contributed by atoms with Crippen LogP contribution < -0.4 is 10.6 Å². The fourth-order valence-corrected chi connectivity index (χ4v) is 1.82. The number of hydrogen-bond acceptors (Lipinski definition) is 3. The van der Waals surface area contributed by atoms with Crippen LogP contribution in [0.5, 0.6) is 0 Å². The Morgan fingerprint density at radius 2 is 2.35 bits per heavy atom. The largest absolute Gasteiger partial charge is 0.379 e. The molecule has 0 aliphatic carbocycles. The van der Waals surface area contributed by atoms with Crippen LogP contribution in [0.25, 0.3) is 0 Å². The van der Waals surface area contributed by atoms with Gasteiger partial charge in [-0.25, -0.2) is 0 Å². The van der Waals surface area contributed by atoms with E-state index in [9.17, 15) is 0 Å². The fourth-order valence-electron chi connectivity index (χ4n) is 1.82. The monoisotopic (exact) mass is 395 g/mol. The van der Waals surface area contributed by atoms with Crippen LogP contribution in [0.4, 0.5) is 0 Å².